The van der Waals surface area contributed by atoms with E-state index in [9.17, 15) is 14.4 Å². The van der Waals surface area contributed by atoms with E-state index in [1.54, 1.807) is 42.5 Å². The second kappa shape index (κ2) is 9.46. The van der Waals surface area contributed by atoms with Crippen LogP contribution >= 0.6 is 11.6 Å². The van der Waals surface area contributed by atoms with Crippen molar-refractivity contribution in [2.75, 3.05) is 12.1 Å². The highest BCUT2D eigenvalue weighted by molar-refractivity contribution is 6.34. The third kappa shape index (κ3) is 5.13. The molecule has 0 bridgehead atoms. The molecule has 9 heteroatoms. The number of nitrogens with one attached hydrogen (secondary N) is 2. The van der Waals surface area contributed by atoms with Crippen molar-refractivity contribution >= 4 is 41.1 Å². The van der Waals surface area contributed by atoms with Crippen LogP contribution in [-0.2, 0) is 4.79 Å². The molecular formula is C24H17ClN2O6. The normalized spacial score (nSPS) is 12.2. The molecule has 3 aromatic rings. The van der Waals surface area contributed by atoms with E-state index in [1.165, 1.54) is 30.3 Å². The van der Waals surface area contributed by atoms with Crippen LogP contribution in [0, 0.1) is 0 Å². The van der Waals surface area contributed by atoms with Gasteiger partial charge in [-0.05, 0) is 60.2 Å². The first kappa shape index (κ1) is 21.9. The lowest BCUT2D eigenvalue weighted by Gasteiger charge is -2.12. The number of carbonyl (C=O) groups is 3. The Kier molecular flexibility index (Phi) is 6.28. The minimum atomic E-state index is -1.08. The highest BCUT2D eigenvalue weighted by atomic mass is 35.5. The van der Waals surface area contributed by atoms with Gasteiger partial charge in [-0.15, -0.1) is 0 Å². The molecule has 8 nitrogen and oxygen atoms in total. The molecule has 166 valence electrons. The third-order valence-electron chi connectivity index (χ3n) is 4.71. The summed E-state index contributed by atoms with van der Waals surface area (Å²) in [6.07, 6.45) is 1.48. The number of carboxylic acids is 1. The predicted octanol–water partition coefficient (Wildman–Crippen LogP) is 4.18. The molecule has 0 saturated heterocycles. The molecule has 1 heterocycles. The summed E-state index contributed by atoms with van der Waals surface area (Å²) < 4.78 is 10.7. The SMILES string of the molecule is O=C(Nc1ccc(C(=O)O)cc1)/C(=C/c1ccc2c(c1)OCO2)NC(=O)c1ccccc1Cl. The van der Waals surface area contributed by atoms with Crippen molar-refractivity contribution < 1.29 is 29.0 Å². The van der Waals surface area contributed by atoms with Crippen LogP contribution in [0.5, 0.6) is 11.5 Å². The summed E-state index contributed by atoms with van der Waals surface area (Å²) in [6, 6.07) is 17.2. The Balaban J connectivity index is 1.62. The van der Waals surface area contributed by atoms with E-state index in [0.29, 0.717) is 22.7 Å². The summed E-state index contributed by atoms with van der Waals surface area (Å²) in [5.41, 5.74) is 1.17. The average molecular weight is 465 g/mol. The molecule has 0 aliphatic carbocycles. The highest BCUT2D eigenvalue weighted by Crippen LogP contribution is 2.33. The van der Waals surface area contributed by atoms with Crippen molar-refractivity contribution in [3.8, 4) is 11.5 Å². The summed E-state index contributed by atoms with van der Waals surface area (Å²) in [7, 11) is 0. The lowest BCUT2D eigenvalue weighted by Crippen LogP contribution is -2.31. The number of anilines is 1. The van der Waals surface area contributed by atoms with Gasteiger partial charge in [0.2, 0.25) is 6.79 Å². The number of aromatic carboxylic acids is 1. The smallest absolute Gasteiger partial charge is 0.335 e. The van der Waals surface area contributed by atoms with Gasteiger partial charge in [0.15, 0.2) is 11.5 Å². The minimum absolute atomic E-state index is 0.0545. The quantitative estimate of drug-likeness (QED) is 0.472. The zero-order valence-electron chi connectivity index (χ0n) is 17.0. The molecule has 0 fully saturated rings. The number of ether oxygens (including phenoxy) is 2. The molecule has 0 radical (unpaired) electrons. The summed E-state index contributed by atoms with van der Waals surface area (Å²) in [4.78, 5) is 36.9. The number of halogens is 1. The molecule has 2 amide bonds. The Morgan fingerprint density at radius 3 is 2.39 bits per heavy atom. The van der Waals surface area contributed by atoms with Crippen LogP contribution in [0.3, 0.4) is 0 Å². The van der Waals surface area contributed by atoms with E-state index in [2.05, 4.69) is 10.6 Å². The molecule has 33 heavy (non-hydrogen) atoms. The Morgan fingerprint density at radius 2 is 1.67 bits per heavy atom. The summed E-state index contributed by atoms with van der Waals surface area (Å²) in [5.74, 6) is -1.16. The summed E-state index contributed by atoms with van der Waals surface area (Å²) in [6.45, 7) is 0.103. The lowest BCUT2D eigenvalue weighted by atomic mass is 10.1. The standard InChI is InChI=1S/C24H17ClN2O6/c25-18-4-2-1-3-17(18)22(28)27-19(11-14-5-10-20-21(12-14)33-13-32-20)23(29)26-16-8-6-15(7-9-16)24(30)31/h1-12H,13H2,(H,26,29)(H,27,28)(H,30,31)/b19-11-. The van der Waals surface area contributed by atoms with Crippen molar-refractivity contribution in [1.29, 1.82) is 0 Å². The number of rotatable bonds is 6. The second-order valence-electron chi connectivity index (χ2n) is 6.94. The molecule has 0 unspecified atom stereocenters. The maximum Gasteiger partial charge on any atom is 0.335 e. The number of carboxylic acid groups (broad SMARTS) is 1. The van der Waals surface area contributed by atoms with Gasteiger partial charge in [-0.2, -0.15) is 0 Å². The number of carbonyl (C=O) groups excluding carboxylic acids is 2. The molecule has 0 spiro atoms. The molecule has 3 aromatic carbocycles. The van der Waals surface area contributed by atoms with Crippen LogP contribution in [0.15, 0.2) is 72.4 Å². The van der Waals surface area contributed by atoms with Crippen LogP contribution < -0.4 is 20.1 Å². The first-order valence-electron chi connectivity index (χ1n) is 9.72. The van der Waals surface area contributed by atoms with Crippen molar-refractivity contribution in [1.82, 2.24) is 5.32 Å². The molecule has 4 rings (SSSR count). The number of fused-ring (bicyclic) bond motifs is 1. The maximum atomic E-state index is 13.0. The van der Waals surface area contributed by atoms with Crippen LogP contribution in [-0.4, -0.2) is 29.7 Å². The van der Waals surface area contributed by atoms with Crippen molar-refractivity contribution in [2.24, 2.45) is 0 Å². The minimum Gasteiger partial charge on any atom is -0.478 e. The Morgan fingerprint density at radius 1 is 0.939 bits per heavy atom. The van der Waals surface area contributed by atoms with Gasteiger partial charge in [0.25, 0.3) is 11.8 Å². The van der Waals surface area contributed by atoms with E-state index in [-0.39, 0.29) is 28.6 Å². The van der Waals surface area contributed by atoms with Gasteiger partial charge in [0, 0.05) is 5.69 Å². The fraction of sp³-hybridized carbons (Fsp3) is 0.0417. The monoisotopic (exact) mass is 464 g/mol. The summed E-state index contributed by atoms with van der Waals surface area (Å²) in [5, 5.41) is 14.5. The third-order valence-corrected chi connectivity index (χ3v) is 5.04. The zero-order valence-corrected chi connectivity index (χ0v) is 17.8. The number of hydrogen-bond donors (Lipinski definition) is 3. The van der Waals surface area contributed by atoms with Crippen molar-refractivity contribution in [3.05, 3.63) is 94.1 Å². The van der Waals surface area contributed by atoms with Crippen LogP contribution in [0.4, 0.5) is 5.69 Å². The highest BCUT2D eigenvalue weighted by Gasteiger charge is 2.18. The number of benzene rings is 3. The Labute approximate surface area is 193 Å². The van der Waals surface area contributed by atoms with E-state index in [4.69, 9.17) is 26.2 Å². The first-order valence-corrected chi connectivity index (χ1v) is 10.1. The molecular weight excluding hydrogens is 448 g/mol. The second-order valence-corrected chi connectivity index (χ2v) is 7.35. The van der Waals surface area contributed by atoms with Gasteiger partial charge in [-0.1, -0.05) is 29.8 Å². The largest absolute Gasteiger partial charge is 0.478 e. The van der Waals surface area contributed by atoms with Gasteiger partial charge >= 0.3 is 5.97 Å². The number of amides is 2. The maximum absolute atomic E-state index is 13.0. The fourth-order valence-corrected chi connectivity index (χ4v) is 3.28. The predicted molar refractivity (Wildman–Crippen MR) is 121 cm³/mol. The lowest BCUT2D eigenvalue weighted by molar-refractivity contribution is -0.113. The Hall–Kier alpha value is -4.30. The molecule has 0 saturated carbocycles. The average Bonchev–Trinajstić information content (AvgIpc) is 3.27. The zero-order chi connectivity index (χ0) is 23.4. The van der Waals surface area contributed by atoms with Crippen molar-refractivity contribution in [3.63, 3.8) is 0 Å². The molecule has 0 atom stereocenters. The van der Waals surface area contributed by atoms with Gasteiger partial charge in [0.1, 0.15) is 5.70 Å². The molecule has 3 N–H and O–H groups in total. The fourth-order valence-electron chi connectivity index (χ4n) is 3.06. The molecule has 0 aromatic heterocycles. The number of hydrogen-bond acceptors (Lipinski definition) is 5. The molecule has 1 aliphatic rings. The van der Waals surface area contributed by atoms with Crippen LogP contribution in [0.1, 0.15) is 26.3 Å². The molecule has 1 aliphatic heterocycles. The van der Waals surface area contributed by atoms with Crippen LogP contribution in [0.25, 0.3) is 6.08 Å². The van der Waals surface area contributed by atoms with E-state index in [1.807, 2.05) is 0 Å². The topological polar surface area (TPSA) is 114 Å². The Bertz CT molecular complexity index is 1270. The van der Waals surface area contributed by atoms with Gasteiger partial charge in [-0.3, -0.25) is 9.59 Å². The first-order chi connectivity index (χ1) is 15.9. The van der Waals surface area contributed by atoms with Crippen molar-refractivity contribution in [2.45, 2.75) is 0 Å². The summed E-state index contributed by atoms with van der Waals surface area (Å²) >= 11 is 6.12. The van der Waals surface area contributed by atoms with Gasteiger partial charge < -0.3 is 25.2 Å². The van der Waals surface area contributed by atoms with Gasteiger partial charge in [-0.25, -0.2) is 4.79 Å². The van der Waals surface area contributed by atoms with E-state index in [0.717, 1.165) is 0 Å². The van der Waals surface area contributed by atoms with Gasteiger partial charge in [0.05, 0.1) is 16.1 Å². The van der Waals surface area contributed by atoms with E-state index < -0.39 is 17.8 Å². The van der Waals surface area contributed by atoms with Crippen LogP contribution in [0.2, 0.25) is 5.02 Å². The van der Waals surface area contributed by atoms with E-state index >= 15 is 0 Å².